The Morgan fingerprint density at radius 3 is 2.56 bits per heavy atom. The van der Waals surface area contributed by atoms with E-state index in [1.807, 2.05) is 30.3 Å². The Morgan fingerprint density at radius 1 is 1.12 bits per heavy atom. The standard InChI is InChI=1S/C18H11BrN4O2/c19-16-7-2-1-6-13(16)17-9-14(15(10-20)18(21)22-17)11-4-3-5-12(8-11)23(24)25/h1-9H,(H2,21,22). The van der Waals surface area contributed by atoms with E-state index in [0.29, 0.717) is 16.8 Å². The third kappa shape index (κ3) is 3.20. The lowest BCUT2D eigenvalue weighted by atomic mass is 9.98. The number of nitro groups is 1. The van der Waals surface area contributed by atoms with Gasteiger partial charge in [-0.05, 0) is 17.7 Å². The SMILES string of the molecule is N#Cc1c(-c2cccc([N+](=O)[O-])c2)cc(-c2ccccc2Br)nc1N. The Morgan fingerprint density at radius 2 is 1.88 bits per heavy atom. The molecule has 0 aliphatic heterocycles. The van der Waals surface area contributed by atoms with Crippen molar-refractivity contribution in [2.45, 2.75) is 0 Å². The fourth-order valence-corrected chi connectivity index (χ4v) is 2.99. The molecule has 1 aromatic heterocycles. The van der Waals surface area contributed by atoms with Gasteiger partial charge in [-0.1, -0.05) is 46.3 Å². The first-order valence-electron chi connectivity index (χ1n) is 7.21. The van der Waals surface area contributed by atoms with Gasteiger partial charge in [-0.15, -0.1) is 0 Å². The average Bonchev–Trinajstić information content (AvgIpc) is 2.61. The molecule has 7 heteroatoms. The summed E-state index contributed by atoms with van der Waals surface area (Å²) in [7, 11) is 0. The molecule has 0 fully saturated rings. The maximum Gasteiger partial charge on any atom is 0.270 e. The Bertz CT molecular complexity index is 1030. The van der Waals surface area contributed by atoms with Gasteiger partial charge in [0.1, 0.15) is 17.5 Å². The number of halogens is 1. The maximum absolute atomic E-state index is 11.0. The summed E-state index contributed by atoms with van der Waals surface area (Å²) in [6.45, 7) is 0. The van der Waals surface area contributed by atoms with E-state index in [1.165, 1.54) is 12.1 Å². The van der Waals surface area contributed by atoms with Crippen LogP contribution in [0.1, 0.15) is 5.56 Å². The molecule has 122 valence electrons. The van der Waals surface area contributed by atoms with Crippen LogP contribution < -0.4 is 5.73 Å². The van der Waals surface area contributed by atoms with Crippen LogP contribution in [-0.4, -0.2) is 9.91 Å². The molecule has 0 bridgehead atoms. The minimum Gasteiger partial charge on any atom is -0.383 e. The van der Waals surface area contributed by atoms with Gasteiger partial charge in [-0.3, -0.25) is 10.1 Å². The number of hydrogen-bond acceptors (Lipinski definition) is 5. The van der Waals surface area contributed by atoms with E-state index >= 15 is 0 Å². The van der Waals surface area contributed by atoms with Crippen LogP contribution in [0, 0.1) is 21.4 Å². The Hall–Kier alpha value is -3.24. The van der Waals surface area contributed by atoms with E-state index in [9.17, 15) is 15.4 Å². The van der Waals surface area contributed by atoms with Crippen molar-refractivity contribution < 1.29 is 4.92 Å². The largest absolute Gasteiger partial charge is 0.383 e. The summed E-state index contributed by atoms with van der Waals surface area (Å²) in [6.07, 6.45) is 0. The maximum atomic E-state index is 11.0. The van der Waals surface area contributed by atoms with Crippen molar-refractivity contribution in [2.24, 2.45) is 0 Å². The van der Waals surface area contributed by atoms with Gasteiger partial charge in [-0.2, -0.15) is 5.26 Å². The molecule has 1 heterocycles. The Labute approximate surface area is 151 Å². The van der Waals surface area contributed by atoms with E-state index in [1.54, 1.807) is 18.2 Å². The molecule has 0 amide bonds. The monoisotopic (exact) mass is 394 g/mol. The van der Waals surface area contributed by atoms with E-state index < -0.39 is 4.92 Å². The summed E-state index contributed by atoms with van der Waals surface area (Å²) >= 11 is 3.47. The normalized spacial score (nSPS) is 10.2. The lowest BCUT2D eigenvalue weighted by Crippen LogP contribution is -2.00. The third-order valence-electron chi connectivity index (χ3n) is 3.68. The fourth-order valence-electron chi connectivity index (χ4n) is 2.50. The van der Waals surface area contributed by atoms with Crippen LogP contribution in [-0.2, 0) is 0 Å². The number of nitro benzene ring substituents is 1. The lowest BCUT2D eigenvalue weighted by molar-refractivity contribution is -0.384. The van der Waals surface area contributed by atoms with Crippen LogP contribution >= 0.6 is 15.9 Å². The molecule has 6 nitrogen and oxygen atoms in total. The van der Waals surface area contributed by atoms with Gasteiger partial charge in [0.15, 0.2) is 0 Å². The Kier molecular flexibility index (Phi) is 4.46. The predicted molar refractivity (Wildman–Crippen MR) is 98.6 cm³/mol. The van der Waals surface area contributed by atoms with Crippen molar-refractivity contribution in [3.8, 4) is 28.5 Å². The van der Waals surface area contributed by atoms with Gasteiger partial charge in [0.25, 0.3) is 5.69 Å². The van der Waals surface area contributed by atoms with Crippen molar-refractivity contribution in [2.75, 3.05) is 5.73 Å². The molecule has 0 radical (unpaired) electrons. The van der Waals surface area contributed by atoms with Crippen molar-refractivity contribution >= 4 is 27.4 Å². The van der Waals surface area contributed by atoms with Crippen molar-refractivity contribution in [3.63, 3.8) is 0 Å². The number of aromatic nitrogens is 1. The van der Waals surface area contributed by atoms with Gasteiger partial charge in [0.05, 0.1) is 10.6 Å². The molecule has 25 heavy (non-hydrogen) atoms. The zero-order valence-electron chi connectivity index (χ0n) is 12.8. The molecule has 3 rings (SSSR count). The van der Waals surface area contributed by atoms with Gasteiger partial charge in [0, 0.05) is 27.7 Å². The van der Waals surface area contributed by atoms with Crippen LogP contribution in [0.2, 0.25) is 0 Å². The van der Waals surface area contributed by atoms with E-state index in [0.717, 1.165) is 10.0 Å². The Balaban J connectivity index is 2.26. The number of hydrogen-bond donors (Lipinski definition) is 1. The van der Waals surface area contributed by atoms with Crippen molar-refractivity contribution in [3.05, 3.63) is 74.7 Å². The van der Waals surface area contributed by atoms with Crippen molar-refractivity contribution in [1.82, 2.24) is 4.98 Å². The molecule has 0 saturated heterocycles. The summed E-state index contributed by atoms with van der Waals surface area (Å²) in [5.74, 6) is 0.0808. The molecular formula is C18H11BrN4O2. The molecule has 2 aromatic carbocycles. The third-order valence-corrected chi connectivity index (χ3v) is 4.37. The number of benzene rings is 2. The highest BCUT2D eigenvalue weighted by Crippen LogP contribution is 2.34. The quantitative estimate of drug-likeness (QED) is 0.518. The zero-order valence-corrected chi connectivity index (χ0v) is 14.4. The highest BCUT2D eigenvalue weighted by atomic mass is 79.9. The minimum absolute atomic E-state index is 0.0563. The summed E-state index contributed by atoms with van der Waals surface area (Å²) in [5.41, 5.74) is 8.53. The molecule has 3 aromatic rings. The van der Waals surface area contributed by atoms with Crippen LogP contribution in [0.25, 0.3) is 22.4 Å². The van der Waals surface area contributed by atoms with Gasteiger partial charge < -0.3 is 5.73 Å². The predicted octanol–water partition coefficient (Wildman–Crippen LogP) is 4.54. The van der Waals surface area contributed by atoms with E-state index in [-0.39, 0.29) is 17.1 Å². The smallest absolute Gasteiger partial charge is 0.270 e. The number of nitrogen functional groups attached to an aromatic ring is 1. The molecule has 0 aliphatic carbocycles. The number of pyridine rings is 1. The van der Waals surface area contributed by atoms with E-state index in [4.69, 9.17) is 5.73 Å². The summed E-state index contributed by atoms with van der Waals surface area (Å²) in [6, 6.07) is 17.3. The minimum atomic E-state index is -0.477. The molecule has 0 atom stereocenters. The summed E-state index contributed by atoms with van der Waals surface area (Å²) < 4.78 is 0.830. The highest BCUT2D eigenvalue weighted by molar-refractivity contribution is 9.10. The van der Waals surface area contributed by atoms with Gasteiger partial charge in [-0.25, -0.2) is 4.98 Å². The number of non-ortho nitro benzene ring substituents is 1. The molecule has 2 N–H and O–H groups in total. The van der Waals surface area contributed by atoms with Crippen LogP contribution in [0.5, 0.6) is 0 Å². The van der Waals surface area contributed by atoms with Crippen molar-refractivity contribution in [1.29, 1.82) is 5.26 Å². The molecule has 0 aliphatic rings. The van der Waals surface area contributed by atoms with E-state index in [2.05, 4.69) is 20.9 Å². The fraction of sp³-hybridized carbons (Fsp3) is 0. The number of nitrogens with two attached hydrogens (primary N) is 1. The van der Waals surface area contributed by atoms with Crippen LogP contribution in [0.4, 0.5) is 11.5 Å². The first-order valence-corrected chi connectivity index (χ1v) is 8.01. The lowest BCUT2D eigenvalue weighted by Gasteiger charge is -2.11. The molecule has 0 saturated carbocycles. The first kappa shape index (κ1) is 16.6. The number of rotatable bonds is 3. The summed E-state index contributed by atoms with van der Waals surface area (Å²) in [5, 5.41) is 20.5. The molecule has 0 unspecified atom stereocenters. The highest BCUT2D eigenvalue weighted by Gasteiger charge is 2.16. The van der Waals surface area contributed by atoms with Crippen LogP contribution in [0.15, 0.2) is 59.1 Å². The number of nitriles is 1. The number of nitrogens with zero attached hydrogens (tertiary/aromatic N) is 3. The average molecular weight is 395 g/mol. The zero-order chi connectivity index (χ0) is 18.0. The first-order chi connectivity index (χ1) is 12.0. The summed E-state index contributed by atoms with van der Waals surface area (Å²) in [4.78, 5) is 14.9. The second-order valence-corrected chi connectivity index (χ2v) is 6.07. The van der Waals surface area contributed by atoms with Gasteiger partial charge in [0.2, 0.25) is 0 Å². The number of anilines is 1. The second kappa shape index (κ2) is 6.71. The molecule has 0 spiro atoms. The van der Waals surface area contributed by atoms with Crippen LogP contribution in [0.3, 0.4) is 0 Å². The second-order valence-electron chi connectivity index (χ2n) is 5.21. The van der Waals surface area contributed by atoms with Gasteiger partial charge >= 0.3 is 0 Å². The molecular weight excluding hydrogens is 384 g/mol. The topological polar surface area (TPSA) is 106 Å².